The standard InChI is InChI=1S/C12H14N4O2S2/c17-8-3-1-5-16(7-8)12(18)13-11-15-14-10(20-11)9-4-2-6-19-9/h2,4,6,8,17H,1,3,5,7H2,(H,13,15,18). The second-order valence-corrected chi connectivity index (χ2v) is 6.49. The van der Waals surface area contributed by atoms with E-state index in [0.29, 0.717) is 18.2 Å². The number of anilines is 1. The highest BCUT2D eigenvalue weighted by atomic mass is 32.1. The number of carbonyl (C=O) groups excluding carboxylic acids is 1. The van der Waals surface area contributed by atoms with E-state index >= 15 is 0 Å². The number of likely N-dealkylation sites (tertiary alicyclic amines) is 1. The zero-order chi connectivity index (χ0) is 13.9. The zero-order valence-corrected chi connectivity index (χ0v) is 12.3. The number of thiophene rings is 1. The molecule has 1 aliphatic heterocycles. The van der Waals surface area contributed by atoms with Crippen molar-refractivity contribution in [1.29, 1.82) is 0 Å². The summed E-state index contributed by atoms with van der Waals surface area (Å²) in [5.74, 6) is 0. The van der Waals surface area contributed by atoms with Crippen molar-refractivity contribution in [3.63, 3.8) is 0 Å². The highest BCUT2D eigenvalue weighted by Crippen LogP contribution is 2.29. The molecular formula is C12H14N4O2S2. The lowest BCUT2D eigenvalue weighted by Crippen LogP contribution is -2.44. The van der Waals surface area contributed by atoms with Crippen LogP contribution in [0.5, 0.6) is 0 Å². The van der Waals surface area contributed by atoms with E-state index in [1.165, 1.54) is 11.3 Å². The number of nitrogens with one attached hydrogen (secondary N) is 1. The number of aromatic nitrogens is 2. The monoisotopic (exact) mass is 310 g/mol. The minimum absolute atomic E-state index is 0.224. The quantitative estimate of drug-likeness (QED) is 0.892. The minimum atomic E-state index is -0.425. The zero-order valence-electron chi connectivity index (χ0n) is 10.7. The summed E-state index contributed by atoms with van der Waals surface area (Å²) in [6, 6.07) is 3.70. The molecule has 2 aromatic heterocycles. The number of aliphatic hydroxyl groups excluding tert-OH is 1. The lowest BCUT2D eigenvalue weighted by molar-refractivity contribution is 0.0883. The van der Waals surface area contributed by atoms with E-state index in [-0.39, 0.29) is 6.03 Å². The maximum absolute atomic E-state index is 12.1. The molecule has 3 heterocycles. The van der Waals surface area contributed by atoms with Crippen LogP contribution in [0, 0.1) is 0 Å². The van der Waals surface area contributed by atoms with Gasteiger partial charge in [0, 0.05) is 13.1 Å². The summed E-state index contributed by atoms with van der Waals surface area (Å²) in [4.78, 5) is 14.7. The fourth-order valence-electron chi connectivity index (χ4n) is 2.08. The molecule has 0 radical (unpaired) electrons. The molecule has 0 aromatic carbocycles. The van der Waals surface area contributed by atoms with Gasteiger partial charge in [-0.05, 0) is 24.3 Å². The molecule has 2 amide bonds. The Bertz CT molecular complexity index is 584. The van der Waals surface area contributed by atoms with E-state index in [4.69, 9.17) is 0 Å². The van der Waals surface area contributed by atoms with E-state index in [9.17, 15) is 9.90 Å². The topological polar surface area (TPSA) is 78.4 Å². The van der Waals surface area contributed by atoms with Crippen molar-refractivity contribution in [2.24, 2.45) is 0 Å². The van der Waals surface area contributed by atoms with Crippen LogP contribution in [0.25, 0.3) is 9.88 Å². The smallest absolute Gasteiger partial charge is 0.323 e. The fourth-order valence-corrected chi connectivity index (χ4v) is 3.61. The molecule has 0 bridgehead atoms. The molecule has 2 N–H and O–H groups in total. The second-order valence-electron chi connectivity index (χ2n) is 4.56. The summed E-state index contributed by atoms with van der Waals surface area (Å²) < 4.78 is 0. The first kappa shape index (κ1) is 13.5. The van der Waals surface area contributed by atoms with Crippen LogP contribution in [-0.2, 0) is 0 Å². The molecule has 8 heteroatoms. The maximum atomic E-state index is 12.1. The third-order valence-corrected chi connectivity index (χ3v) is 4.93. The van der Waals surface area contributed by atoms with Gasteiger partial charge in [0.25, 0.3) is 0 Å². The average molecular weight is 310 g/mol. The molecule has 2 aromatic rings. The number of β-amino-alcohol motifs (C(OH)–C–C–N with tert-alkyl or cyclic N) is 1. The second kappa shape index (κ2) is 5.86. The number of nitrogens with zero attached hydrogens (tertiary/aromatic N) is 3. The Hall–Kier alpha value is -1.51. The first-order valence-electron chi connectivity index (χ1n) is 6.34. The van der Waals surface area contributed by atoms with Gasteiger partial charge in [0.2, 0.25) is 5.13 Å². The lowest BCUT2D eigenvalue weighted by atomic mass is 10.1. The van der Waals surface area contributed by atoms with Crippen molar-refractivity contribution < 1.29 is 9.90 Å². The summed E-state index contributed by atoms with van der Waals surface area (Å²) in [5, 5.41) is 23.6. The van der Waals surface area contributed by atoms with Gasteiger partial charge >= 0.3 is 6.03 Å². The third-order valence-electron chi connectivity index (χ3n) is 3.05. The Morgan fingerprint density at radius 1 is 1.50 bits per heavy atom. The van der Waals surface area contributed by atoms with Crippen molar-refractivity contribution in [1.82, 2.24) is 15.1 Å². The molecule has 1 atom stereocenters. The minimum Gasteiger partial charge on any atom is -0.391 e. The van der Waals surface area contributed by atoms with E-state index in [2.05, 4.69) is 15.5 Å². The van der Waals surface area contributed by atoms with Gasteiger partial charge < -0.3 is 10.0 Å². The predicted octanol–water partition coefficient (Wildman–Crippen LogP) is 2.26. The number of rotatable bonds is 2. The SMILES string of the molecule is O=C(Nc1nnc(-c2cccs2)s1)N1CCCC(O)C1. The molecule has 1 fully saturated rings. The Morgan fingerprint density at radius 3 is 3.15 bits per heavy atom. The van der Waals surface area contributed by atoms with Gasteiger partial charge in [0.15, 0.2) is 5.01 Å². The summed E-state index contributed by atoms with van der Waals surface area (Å²) >= 11 is 2.94. The molecule has 106 valence electrons. The molecule has 1 unspecified atom stereocenters. The molecular weight excluding hydrogens is 296 g/mol. The van der Waals surface area contributed by atoms with Gasteiger partial charge in [-0.3, -0.25) is 5.32 Å². The van der Waals surface area contributed by atoms with Gasteiger partial charge in [0.1, 0.15) is 0 Å². The van der Waals surface area contributed by atoms with E-state index in [1.807, 2.05) is 17.5 Å². The largest absolute Gasteiger partial charge is 0.391 e. The molecule has 0 spiro atoms. The van der Waals surface area contributed by atoms with Crippen molar-refractivity contribution >= 4 is 33.8 Å². The Balaban J connectivity index is 1.64. The maximum Gasteiger partial charge on any atom is 0.323 e. The van der Waals surface area contributed by atoms with Crippen LogP contribution >= 0.6 is 22.7 Å². The van der Waals surface area contributed by atoms with Crippen molar-refractivity contribution in [3.05, 3.63) is 17.5 Å². The van der Waals surface area contributed by atoms with Crippen molar-refractivity contribution in [2.45, 2.75) is 18.9 Å². The molecule has 6 nitrogen and oxygen atoms in total. The first-order valence-corrected chi connectivity index (χ1v) is 8.03. The van der Waals surface area contributed by atoms with Gasteiger partial charge in [-0.25, -0.2) is 4.79 Å². The number of hydrogen-bond donors (Lipinski definition) is 2. The highest BCUT2D eigenvalue weighted by molar-refractivity contribution is 7.23. The number of carbonyl (C=O) groups is 1. The summed E-state index contributed by atoms with van der Waals surface area (Å²) in [5.41, 5.74) is 0. The third kappa shape index (κ3) is 2.97. The Kier molecular flexibility index (Phi) is 3.95. The van der Waals surface area contributed by atoms with Gasteiger partial charge in [-0.2, -0.15) is 0 Å². The number of amides is 2. The molecule has 1 saturated heterocycles. The van der Waals surface area contributed by atoms with Crippen molar-refractivity contribution in [3.8, 4) is 9.88 Å². The number of urea groups is 1. The normalized spacial score (nSPS) is 19.1. The van der Waals surface area contributed by atoms with Crippen LogP contribution in [0.15, 0.2) is 17.5 Å². The molecule has 3 rings (SSSR count). The molecule has 1 aliphatic rings. The average Bonchev–Trinajstić information content (AvgIpc) is 3.08. The number of hydrogen-bond acceptors (Lipinski definition) is 6. The summed E-state index contributed by atoms with van der Waals surface area (Å²) in [7, 11) is 0. The van der Waals surface area contributed by atoms with E-state index < -0.39 is 6.10 Å². The highest BCUT2D eigenvalue weighted by Gasteiger charge is 2.22. The molecule has 0 aliphatic carbocycles. The van der Waals surface area contributed by atoms with Crippen molar-refractivity contribution in [2.75, 3.05) is 18.4 Å². The Labute approximate surface area is 124 Å². The molecule has 0 saturated carbocycles. The first-order chi connectivity index (χ1) is 9.72. The van der Waals surface area contributed by atoms with Gasteiger partial charge in [-0.1, -0.05) is 17.4 Å². The van der Waals surface area contributed by atoms with Crippen LogP contribution in [0.1, 0.15) is 12.8 Å². The van der Waals surface area contributed by atoms with Crippen LogP contribution in [0.2, 0.25) is 0 Å². The van der Waals surface area contributed by atoms with E-state index in [0.717, 1.165) is 22.7 Å². The lowest BCUT2D eigenvalue weighted by Gasteiger charge is -2.29. The van der Waals surface area contributed by atoms with Crippen LogP contribution in [0.3, 0.4) is 0 Å². The number of piperidine rings is 1. The predicted molar refractivity (Wildman–Crippen MR) is 79.1 cm³/mol. The van der Waals surface area contributed by atoms with Crippen LogP contribution < -0.4 is 5.32 Å². The number of aliphatic hydroxyl groups is 1. The van der Waals surface area contributed by atoms with Crippen LogP contribution in [-0.4, -0.2) is 45.4 Å². The Morgan fingerprint density at radius 2 is 2.40 bits per heavy atom. The fraction of sp³-hybridized carbons (Fsp3) is 0.417. The van der Waals surface area contributed by atoms with E-state index in [1.54, 1.807) is 16.2 Å². The van der Waals surface area contributed by atoms with Gasteiger partial charge in [0.05, 0.1) is 11.0 Å². The van der Waals surface area contributed by atoms with Gasteiger partial charge in [-0.15, -0.1) is 21.5 Å². The summed E-state index contributed by atoms with van der Waals surface area (Å²) in [6.07, 6.45) is 1.15. The molecule has 20 heavy (non-hydrogen) atoms. The van der Waals surface area contributed by atoms with Crippen LogP contribution in [0.4, 0.5) is 9.93 Å². The summed E-state index contributed by atoms with van der Waals surface area (Å²) in [6.45, 7) is 1.04.